The van der Waals surface area contributed by atoms with Crippen molar-refractivity contribution in [1.82, 2.24) is 5.43 Å². The first kappa shape index (κ1) is 18.8. The molecule has 0 radical (unpaired) electrons. The van der Waals surface area contributed by atoms with Gasteiger partial charge in [-0.25, -0.2) is 5.43 Å². The number of carbonyl (C=O) groups is 2. The maximum absolute atomic E-state index is 11.7. The highest BCUT2D eigenvalue weighted by Gasteiger charge is 2.10. The summed E-state index contributed by atoms with van der Waals surface area (Å²) in [5.41, 5.74) is 3.34. The second-order valence-electron chi connectivity index (χ2n) is 5.69. The fraction of sp³-hybridized carbons (Fsp3) is 0.500. The molecule has 136 valence electrons. The molecule has 1 aliphatic rings. The molecular weight excluding hydrogens is 324 g/mol. The number of hydrogen-bond donors (Lipinski definition) is 1. The number of hydrogen-bond acceptors (Lipinski definition) is 6. The van der Waals surface area contributed by atoms with Gasteiger partial charge in [-0.05, 0) is 36.6 Å². The molecule has 1 aromatic carbocycles. The molecule has 2 rings (SSSR count). The Hall–Kier alpha value is -2.57. The second-order valence-corrected chi connectivity index (χ2v) is 5.69. The van der Waals surface area contributed by atoms with Gasteiger partial charge in [0.15, 0.2) is 11.5 Å². The Morgan fingerprint density at radius 1 is 1.12 bits per heavy atom. The van der Waals surface area contributed by atoms with E-state index in [0.29, 0.717) is 31.8 Å². The summed E-state index contributed by atoms with van der Waals surface area (Å²) in [5.74, 6) is 1.10. The minimum Gasteiger partial charge on any atom is -0.486 e. The van der Waals surface area contributed by atoms with Crippen LogP contribution in [-0.4, -0.2) is 38.4 Å². The van der Waals surface area contributed by atoms with Crippen molar-refractivity contribution in [3.05, 3.63) is 23.8 Å². The molecule has 0 bridgehead atoms. The standard InChI is InChI=1S/C18H24N2O5/c1-23-18(22)7-5-3-2-4-6-17(21)20-19-13-14-8-9-15-16(12-14)25-11-10-24-15/h8-9,12-13H,2-7,10-11H2,1H3,(H,20,21)/b19-13+. The summed E-state index contributed by atoms with van der Waals surface area (Å²) < 4.78 is 15.5. The smallest absolute Gasteiger partial charge is 0.305 e. The van der Waals surface area contributed by atoms with Crippen LogP contribution in [0.25, 0.3) is 0 Å². The largest absolute Gasteiger partial charge is 0.486 e. The predicted molar refractivity (Wildman–Crippen MR) is 92.9 cm³/mol. The van der Waals surface area contributed by atoms with Gasteiger partial charge >= 0.3 is 5.97 Å². The lowest BCUT2D eigenvalue weighted by Gasteiger charge is -2.18. The van der Waals surface area contributed by atoms with Gasteiger partial charge in [0.1, 0.15) is 13.2 Å². The zero-order chi connectivity index (χ0) is 17.9. The molecule has 0 saturated heterocycles. The molecule has 25 heavy (non-hydrogen) atoms. The van der Waals surface area contributed by atoms with Crippen LogP contribution in [0.2, 0.25) is 0 Å². The SMILES string of the molecule is COC(=O)CCCCCCC(=O)N/N=C/c1ccc2c(c1)OCCO2. The Labute approximate surface area is 147 Å². The van der Waals surface area contributed by atoms with Crippen molar-refractivity contribution in [1.29, 1.82) is 0 Å². The molecule has 0 saturated carbocycles. The predicted octanol–water partition coefficient (Wildman–Crippen LogP) is 2.42. The molecule has 1 amide bonds. The monoisotopic (exact) mass is 348 g/mol. The number of nitrogens with zero attached hydrogens (tertiary/aromatic N) is 1. The van der Waals surface area contributed by atoms with E-state index < -0.39 is 0 Å². The number of fused-ring (bicyclic) bond motifs is 1. The Morgan fingerprint density at radius 3 is 2.60 bits per heavy atom. The highest BCUT2D eigenvalue weighted by atomic mass is 16.6. The van der Waals surface area contributed by atoms with E-state index in [0.717, 1.165) is 37.0 Å². The van der Waals surface area contributed by atoms with Crippen LogP contribution in [0.15, 0.2) is 23.3 Å². The molecular formula is C18H24N2O5. The Balaban J connectivity index is 1.61. The van der Waals surface area contributed by atoms with Crippen molar-refractivity contribution in [2.75, 3.05) is 20.3 Å². The lowest BCUT2D eigenvalue weighted by Crippen LogP contribution is -2.17. The van der Waals surface area contributed by atoms with E-state index in [2.05, 4.69) is 15.3 Å². The number of methoxy groups -OCH3 is 1. The van der Waals surface area contributed by atoms with Gasteiger partial charge in [-0.2, -0.15) is 5.10 Å². The van der Waals surface area contributed by atoms with Crippen LogP contribution in [0.3, 0.4) is 0 Å². The molecule has 0 spiro atoms. The third kappa shape index (κ3) is 6.82. The minimum atomic E-state index is -0.189. The number of amides is 1. The maximum atomic E-state index is 11.7. The van der Waals surface area contributed by atoms with Crippen molar-refractivity contribution >= 4 is 18.1 Å². The Bertz CT molecular complexity index is 615. The zero-order valence-corrected chi connectivity index (χ0v) is 14.5. The van der Waals surface area contributed by atoms with Crippen LogP contribution in [0.1, 0.15) is 44.1 Å². The molecule has 0 aliphatic carbocycles. The maximum Gasteiger partial charge on any atom is 0.305 e. The average Bonchev–Trinajstić information content (AvgIpc) is 2.64. The topological polar surface area (TPSA) is 86.2 Å². The van der Waals surface area contributed by atoms with Crippen LogP contribution >= 0.6 is 0 Å². The van der Waals surface area contributed by atoms with Crippen molar-refractivity contribution in [3.8, 4) is 11.5 Å². The summed E-state index contributed by atoms with van der Waals surface area (Å²) in [6, 6.07) is 5.50. The van der Waals surface area contributed by atoms with E-state index >= 15 is 0 Å². The number of ether oxygens (including phenoxy) is 3. The lowest BCUT2D eigenvalue weighted by molar-refractivity contribution is -0.140. The highest BCUT2D eigenvalue weighted by molar-refractivity contribution is 5.83. The Kier molecular flexibility index (Phi) is 7.75. The number of benzene rings is 1. The molecule has 1 N–H and O–H groups in total. The van der Waals surface area contributed by atoms with Gasteiger partial charge in [-0.1, -0.05) is 12.8 Å². The van der Waals surface area contributed by atoms with E-state index in [1.165, 1.54) is 7.11 Å². The molecule has 0 unspecified atom stereocenters. The van der Waals surface area contributed by atoms with Gasteiger partial charge in [-0.15, -0.1) is 0 Å². The first-order chi connectivity index (χ1) is 12.2. The first-order valence-electron chi connectivity index (χ1n) is 8.47. The molecule has 0 aromatic heterocycles. The van der Waals surface area contributed by atoms with Crippen LogP contribution < -0.4 is 14.9 Å². The van der Waals surface area contributed by atoms with Crippen LogP contribution in [0.4, 0.5) is 0 Å². The molecule has 0 fully saturated rings. The third-order valence-electron chi connectivity index (χ3n) is 3.73. The van der Waals surface area contributed by atoms with E-state index in [-0.39, 0.29) is 11.9 Å². The van der Waals surface area contributed by atoms with Gasteiger partial charge in [0.05, 0.1) is 13.3 Å². The van der Waals surface area contributed by atoms with Crippen LogP contribution in [-0.2, 0) is 14.3 Å². The number of unbranched alkanes of at least 4 members (excludes halogenated alkanes) is 3. The van der Waals surface area contributed by atoms with E-state index in [1.807, 2.05) is 18.2 Å². The van der Waals surface area contributed by atoms with Crippen molar-refractivity contribution in [2.24, 2.45) is 5.10 Å². The quantitative estimate of drug-likeness (QED) is 0.321. The number of nitrogens with one attached hydrogen (secondary N) is 1. The number of rotatable bonds is 9. The first-order valence-corrected chi connectivity index (χ1v) is 8.47. The summed E-state index contributed by atoms with van der Waals surface area (Å²) >= 11 is 0. The van der Waals surface area contributed by atoms with E-state index in [1.54, 1.807) is 6.21 Å². The summed E-state index contributed by atoms with van der Waals surface area (Å²) in [5, 5.41) is 3.96. The molecule has 1 aliphatic heterocycles. The number of esters is 1. The fourth-order valence-electron chi connectivity index (χ4n) is 2.39. The van der Waals surface area contributed by atoms with E-state index in [9.17, 15) is 9.59 Å². The zero-order valence-electron chi connectivity index (χ0n) is 14.5. The summed E-state index contributed by atoms with van der Waals surface area (Å²) in [7, 11) is 1.39. The molecule has 1 aromatic rings. The van der Waals surface area contributed by atoms with Crippen LogP contribution in [0.5, 0.6) is 11.5 Å². The molecule has 7 heteroatoms. The van der Waals surface area contributed by atoms with Gasteiger partial charge in [0, 0.05) is 12.8 Å². The molecule has 0 atom stereocenters. The Morgan fingerprint density at radius 2 is 1.84 bits per heavy atom. The van der Waals surface area contributed by atoms with Crippen molar-refractivity contribution in [2.45, 2.75) is 38.5 Å². The summed E-state index contributed by atoms with van der Waals surface area (Å²) in [6.45, 7) is 1.09. The highest BCUT2D eigenvalue weighted by Crippen LogP contribution is 2.30. The summed E-state index contributed by atoms with van der Waals surface area (Å²) in [4.78, 5) is 22.7. The van der Waals surface area contributed by atoms with Crippen molar-refractivity contribution < 1.29 is 23.8 Å². The van der Waals surface area contributed by atoms with Gasteiger partial charge in [0.2, 0.25) is 5.91 Å². The molecule has 7 nitrogen and oxygen atoms in total. The summed E-state index contributed by atoms with van der Waals surface area (Å²) in [6.07, 6.45) is 5.79. The molecule has 1 heterocycles. The third-order valence-corrected chi connectivity index (χ3v) is 3.73. The number of carbonyl (C=O) groups excluding carboxylic acids is 2. The minimum absolute atomic E-state index is 0.123. The van der Waals surface area contributed by atoms with Crippen molar-refractivity contribution in [3.63, 3.8) is 0 Å². The van der Waals surface area contributed by atoms with Gasteiger partial charge in [-0.3, -0.25) is 9.59 Å². The van der Waals surface area contributed by atoms with Crippen LogP contribution in [0, 0.1) is 0 Å². The lowest BCUT2D eigenvalue weighted by atomic mass is 10.1. The second kappa shape index (κ2) is 10.3. The van der Waals surface area contributed by atoms with E-state index in [4.69, 9.17) is 9.47 Å². The fourth-order valence-corrected chi connectivity index (χ4v) is 2.39. The van der Waals surface area contributed by atoms with Gasteiger partial charge in [0.25, 0.3) is 0 Å². The normalized spacial score (nSPS) is 12.8. The van der Waals surface area contributed by atoms with Gasteiger partial charge < -0.3 is 14.2 Å². The number of hydrazone groups is 1. The average molecular weight is 348 g/mol.